The molecule has 1 aromatic heterocycles. The summed E-state index contributed by atoms with van der Waals surface area (Å²) in [5.41, 5.74) is 0.642. The molecule has 0 spiro atoms. The van der Waals surface area contributed by atoms with E-state index in [0.29, 0.717) is 5.56 Å². The molecule has 0 radical (unpaired) electrons. The first-order valence-corrected chi connectivity index (χ1v) is 7.94. The minimum absolute atomic E-state index is 0.0169. The number of ketones is 1. The number of rotatable bonds is 6. The minimum Gasteiger partial charge on any atom is -0.346 e. The number of nitrogens with zero attached hydrogens (tertiary/aromatic N) is 3. The molecule has 1 unspecified atom stereocenters. The fraction of sp³-hybridized carbons (Fsp3) is 0.412. The summed E-state index contributed by atoms with van der Waals surface area (Å²) in [6, 6.07) is 8.84. The number of nitrogens with one attached hydrogen (secondary N) is 1. The van der Waals surface area contributed by atoms with Gasteiger partial charge < -0.3 is 9.88 Å². The Labute approximate surface area is 134 Å². The van der Waals surface area contributed by atoms with E-state index in [1.807, 2.05) is 25.1 Å². The highest BCUT2D eigenvalue weighted by Gasteiger charge is 2.22. The molecule has 2 heterocycles. The normalized spacial score (nSPS) is 14.3. The maximum atomic E-state index is 12.1. The van der Waals surface area contributed by atoms with Crippen LogP contribution < -0.4 is 5.32 Å². The minimum atomic E-state index is -0.200. The molecule has 1 amide bonds. The summed E-state index contributed by atoms with van der Waals surface area (Å²) in [6.07, 6.45) is 2.41. The van der Waals surface area contributed by atoms with Crippen LogP contribution in [-0.4, -0.2) is 26.5 Å². The van der Waals surface area contributed by atoms with Gasteiger partial charge in [0.25, 0.3) is 0 Å². The number of aromatic nitrogens is 3. The van der Waals surface area contributed by atoms with Crippen LogP contribution in [0.15, 0.2) is 30.3 Å². The molecule has 6 nitrogen and oxygen atoms in total. The van der Waals surface area contributed by atoms with Crippen LogP contribution in [0.5, 0.6) is 0 Å². The number of carbonyl (C=O) groups is 2. The van der Waals surface area contributed by atoms with Crippen LogP contribution in [0, 0.1) is 0 Å². The molecular weight excluding hydrogens is 292 g/mol. The summed E-state index contributed by atoms with van der Waals surface area (Å²) in [5, 5.41) is 11.2. The predicted octanol–water partition coefficient (Wildman–Crippen LogP) is 2.06. The molecule has 2 aromatic rings. The van der Waals surface area contributed by atoms with Crippen molar-refractivity contribution in [3.8, 4) is 0 Å². The van der Waals surface area contributed by atoms with Crippen LogP contribution in [0.1, 0.15) is 54.2 Å². The van der Waals surface area contributed by atoms with Crippen molar-refractivity contribution in [3.05, 3.63) is 47.5 Å². The summed E-state index contributed by atoms with van der Waals surface area (Å²) in [5.74, 6) is 1.62. The molecule has 0 aliphatic carbocycles. The molecule has 1 aliphatic heterocycles. The lowest BCUT2D eigenvalue weighted by Gasteiger charge is -2.13. The highest BCUT2D eigenvalue weighted by Crippen LogP contribution is 2.19. The zero-order valence-corrected chi connectivity index (χ0v) is 13.2. The second kappa shape index (κ2) is 6.73. The Morgan fingerprint density at radius 2 is 2.00 bits per heavy atom. The summed E-state index contributed by atoms with van der Waals surface area (Å²) in [4.78, 5) is 24.1. The predicted molar refractivity (Wildman–Crippen MR) is 84.9 cm³/mol. The number of aryl methyl sites for hydroxylation is 1. The lowest BCUT2D eigenvalue weighted by molar-refractivity contribution is -0.121. The van der Waals surface area contributed by atoms with Gasteiger partial charge in [0, 0.05) is 31.4 Å². The van der Waals surface area contributed by atoms with Crippen molar-refractivity contribution in [1.29, 1.82) is 0 Å². The Hall–Kier alpha value is -2.50. The van der Waals surface area contributed by atoms with Gasteiger partial charge in [-0.25, -0.2) is 0 Å². The zero-order chi connectivity index (χ0) is 16.2. The molecule has 1 N–H and O–H groups in total. The van der Waals surface area contributed by atoms with E-state index < -0.39 is 0 Å². The number of Topliss-reactive ketones (excluding diaryl/α,β-unsaturated/α-hetero) is 1. The van der Waals surface area contributed by atoms with Crippen LogP contribution in [0.4, 0.5) is 0 Å². The second-order valence-electron chi connectivity index (χ2n) is 5.81. The number of benzene rings is 1. The molecule has 6 heteroatoms. The Morgan fingerprint density at radius 1 is 1.22 bits per heavy atom. The fourth-order valence-electron chi connectivity index (χ4n) is 2.87. The van der Waals surface area contributed by atoms with Gasteiger partial charge >= 0.3 is 0 Å². The molecule has 0 saturated heterocycles. The van der Waals surface area contributed by atoms with Crippen LogP contribution >= 0.6 is 0 Å². The Bertz CT molecular complexity index is 709. The molecular formula is C17H20N4O2. The second-order valence-corrected chi connectivity index (χ2v) is 5.81. The third kappa shape index (κ3) is 3.47. The molecule has 1 aliphatic rings. The smallest absolute Gasteiger partial charge is 0.221 e. The molecule has 0 fully saturated rings. The van der Waals surface area contributed by atoms with E-state index in [1.54, 1.807) is 12.1 Å². The molecule has 0 saturated carbocycles. The summed E-state index contributed by atoms with van der Waals surface area (Å²) in [7, 11) is 0. The van der Waals surface area contributed by atoms with E-state index in [0.717, 1.165) is 31.0 Å². The zero-order valence-electron chi connectivity index (χ0n) is 13.2. The maximum Gasteiger partial charge on any atom is 0.221 e. The van der Waals surface area contributed by atoms with Crippen LogP contribution in [0.2, 0.25) is 0 Å². The highest BCUT2D eigenvalue weighted by atomic mass is 16.2. The lowest BCUT2D eigenvalue weighted by atomic mass is 10.1. The molecule has 3 rings (SSSR count). The summed E-state index contributed by atoms with van der Waals surface area (Å²) in [6.45, 7) is 2.80. The standard InChI is InChI=1S/C17H20N4O2/c1-12(17-20-19-15-8-5-11-21(15)17)18-16(23)10-9-14(22)13-6-3-2-4-7-13/h2-4,6-7,12H,5,8-11H2,1H3,(H,18,23). The number of hydrogen-bond acceptors (Lipinski definition) is 4. The van der Waals surface area contributed by atoms with Gasteiger partial charge in [-0.05, 0) is 13.3 Å². The summed E-state index contributed by atoms with van der Waals surface area (Å²) >= 11 is 0. The third-order valence-electron chi connectivity index (χ3n) is 4.08. The Balaban J connectivity index is 1.52. The van der Waals surface area contributed by atoms with E-state index in [-0.39, 0.29) is 30.6 Å². The quantitative estimate of drug-likeness (QED) is 0.828. The number of amides is 1. The van der Waals surface area contributed by atoms with Gasteiger partial charge in [-0.1, -0.05) is 30.3 Å². The third-order valence-corrected chi connectivity index (χ3v) is 4.08. The summed E-state index contributed by atoms with van der Waals surface area (Å²) < 4.78 is 2.07. The van der Waals surface area contributed by atoms with Crippen molar-refractivity contribution >= 4 is 11.7 Å². The first kappa shape index (κ1) is 15.4. The number of hydrogen-bond donors (Lipinski definition) is 1. The van der Waals surface area contributed by atoms with Crippen LogP contribution in [0.3, 0.4) is 0 Å². The lowest BCUT2D eigenvalue weighted by Crippen LogP contribution is -2.29. The monoisotopic (exact) mass is 312 g/mol. The molecule has 1 atom stereocenters. The fourth-order valence-corrected chi connectivity index (χ4v) is 2.87. The largest absolute Gasteiger partial charge is 0.346 e. The molecule has 0 bridgehead atoms. The van der Waals surface area contributed by atoms with Gasteiger partial charge in [0.2, 0.25) is 5.91 Å². The van der Waals surface area contributed by atoms with Gasteiger partial charge in [-0.15, -0.1) is 10.2 Å². The van der Waals surface area contributed by atoms with Crippen molar-refractivity contribution < 1.29 is 9.59 Å². The van der Waals surface area contributed by atoms with Crippen molar-refractivity contribution in [2.45, 2.75) is 45.2 Å². The van der Waals surface area contributed by atoms with Crippen LogP contribution in [0.25, 0.3) is 0 Å². The van der Waals surface area contributed by atoms with E-state index in [4.69, 9.17) is 0 Å². The average molecular weight is 312 g/mol. The van der Waals surface area contributed by atoms with Crippen molar-refractivity contribution in [2.75, 3.05) is 0 Å². The number of fused-ring (bicyclic) bond motifs is 1. The van der Waals surface area contributed by atoms with E-state index in [9.17, 15) is 9.59 Å². The van der Waals surface area contributed by atoms with Crippen molar-refractivity contribution in [2.24, 2.45) is 0 Å². The maximum absolute atomic E-state index is 12.1. The van der Waals surface area contributed by atoms with E-state index >= 15 is 0 Å². The van der Waals surface area contributed by atoms with Crippen molar-refractivity contribution in [3.63, 3.8) is 0 Å². The SMILES string of the molecule is CC(NC(=O)CCC(=O)c1ccccc1)c1nnc2n1CCC2. The molecule has 120 valence electrons. The van der Waals surface area contributed by atoms with Gasteiger partial charge in [0.05, 0.1) is 6.04 Å². The van der Waals surface area contributed by atoms with Gasteiger partial charge in [0.15, 0.2) is 11.6 Å². The molecule has 23 heavy (non-hydrogen) atoms. The molecule has 1 aromatic carbocycles. The van der Waals surface area contributed by atoms with Crippen LogP contribution in [-0.2, 0) is 17.8 Å². The van der Waals surface area contributed by atoms with E-state index in [2.05, 4.69) is 20.1 Å². The topological polar surface area (TPSA) is 76.9 Å². The first-order valence-electron chi connectivity index (χ1n) is 7.94. The Kier molecular flexibility index (Phi) is 4.50. The average Bonchev–Trinajstić information content (AvgIpc) is 3.16. The van der Waals surface area contributed by atoms with Gasteiger partial charge in [-0.3, -0.25) is 9.59 Å². The first-order chi connectivity index (χ1) is 11.1. The highest BCUT2D eigenvalue weighted by molar-refractivity contribution is 5.97. The number of carbonyl (C=O) groups excluding carboxylic acids is 2. The van der Waals surface area contributed by atoms with E-state index in [1.165, 1.54) is 0 Å². The Morgan fingerprint density at radius 3 is 2.78 bits per heavy atom. The van der Waals surface area contributed by atoms with Gasteiger partial charge in [0.1, 0.15) is 5.82 Å². The van der Waals surface area contributed by atoms with Crippen molar-refractivity contribution in [1.82, 2.24) is 20.1 Å². The van der Waals surface area contributed by atoms with Gasteiger partial charge in [-0.2, -0.15) is 0 Å².